The predicted molar refractivity (Wildman–Crippen MR) is 123 cm³/mol. The summed E-state index contributed by atoms with van der Waals surface area (Å²) in [5, 5.41) is 0. The molecule has 0 unspecified atom stereocenters. The van der Waals surface area contributed by atoms with E-state index in [-0.39, 0.29) is 0 Å². The van der Waals surface area contributed by atoms with Gasteiger partial charge in [-0.25, -0.2) is 0 Å². The standard InChI is InChI=1S/C17H18S.C3H6.2C2H6/c1-4-9-16-14(5-2)12-17(18-16)13(3)15-10-7-6-8-11-15;1-3-2;2*1-2/h4-10,12H,2,11H2,1,3H3;3H,1H2,2H3;2*1-2H3/b9-4-,15-13+;;;. The van der Waals surface area contributed by atoms with Crippen LogP contribution in [0, 0.1) is 0 Å². The Balaban J connectivity index is 0. The summed E-state index contributed by atoms with van der Waals surface area (Å²) in [4.78, 5) is 2.63. The van der Waals surface area contributed by atoms with E-state index >= 15 is 0 Å². The van der Waals surface area contributed by atoms with Crippen LogP contribution >= 0.6 is 11.3 Å². The molecular weight excluding hydrogens is 320 g/mol. The Morgan fingerprint density at radius 2 is 1.68 bits per heavy atom. The van der Waals surface area contributed by atoms with Crippen molar-refractivity contribution in [2.45, 2.75) is 54.9 Å². The highest BCUT2D eigenvalue weighted by atomic mass is 32.1. The second-order valence-corrected chi connectivity index (χ2v) is 5.77. The maximum absolute atomic E-state index is 3.89. The zero-order chi connectivity index (χ0) is 19.7. The van der Waals surface area contributed by atoms with E-state index in [1.54, 1.807) is 6.08 Å². The lowest BCUT2D eigenvalue weighted by Gasteiger charge is -2.06. The zero-order valence-corrected chi connectivity index (χ0v) is 18.0. The van der Waals surface area contributed by atoms with Crippen molar-refractivity contribution in [3.05, 3.63) is 76.6 Å². The van der Waals surface area contributed by atoms with Crippen molar-refractivity contribution in [1.82, 2.24) is 0 Å². The Bertz CT molecular complexity index is 604. The molecule has 1 aliphatic carbocycles. The van der Waals surface area contributed by atoms with Gasteiger partial charge in [-0.05, 0) is 56.0 Å². The van der Waals surface area contributed by atoms with Gasteiger partial charge in [-0.2, -0.15) is 0 Å². The lowest BCUT2D eigenvalue weighted by molar-refractivity contribution is 1.26. The normalized spacial score (nSPS) is 13.6. The highest BCUT2D eigenvalue weighted by Gasteiger charge is 2.09. The average molecular weight is 357 g/mol. The van der Waals surface area contributed by atoms with Crippen LogP contribution in [0.1, 0.15) is 70.2 Å². The maximum atomic E-state index is 3.89. The van der Waals surface area contributed by atoms with E-state index in [1.165, 1.54) is 26.5 Å². The lowest BCUT2D eigenvalue weighted by atomic mass is 10.0. The van der Waals surface area contributed by atoms with Crippen molar-refractivity contribution >= 4 is 29.1 Å². The molecule has 0 aromatic carbocycles. The van der Waals surface area contributed by atoms with Crippen molar-refractivity contribution in [3.63, 3.8) is 0 Å². The van der Waals surface area contributed by atoms with Gasteiger partial charge in [0.25, 0.3) is 0 Å². The van der Waals surface area contributed by atoms with Gasteiger partial charge in [0.15, 0.2) is 0 Å². The molecule has 1 aromatic rings. The van der Waals surface area contributed by atoms with E-state index < -0.39 is 0 Å². The monoisotopic (exact) mass is 356 g/mol. The van der Waals surface area contributed by atoms with E-state index in [9.17, 15) is 0 Å². The fraction of sp³-hybridized carbons (Fsp3) is 0.333. The molecule has 138 valence electrons. The summed E-state index contributed by atoms with van der Waals surface area (Å²) < 4.78 is 0. The first-order valence-electron chi connectivity index (χ1n) is 9.17. The van der Waals surface area contributed by atoms with Gasteiger partial charge in [0.2, 0.25) is 0 Å². The lowest BCUT2D eigenvalue weighted by Crippen LogP contribution is -1.85. The summed E-state index contributed by atoms with van der Waals surface area (Å²) in [5.41, 5.74) is 4.00. The third-order valence-corrected chi connectivity index (χ3v) is 4.30. The molecule has 0 radical (unpaired) electrons. The van der Waals surface area contributed by atoms with Crippen LogP contribution in [0.5, 0.6) is 0 Å². The number of hydrogen-bond acceptors (Lipinski definition) is 1. The van der Waals surface area contributed by atoms with E-state index in [0.29, 0.717) is 0 Å². The minimum Gasteiger partial charge on any atom is -0.136 e. The predicted octanol–water partition coefficient (Wildman–Crippen LogP) is 8.96. The van der Waals surface area contributed by atoms with E-state index in [2.05, 4.69) is 62.6 Å². The van der Waals surface area contributed by atoms with E-state index in [4.69, 9.17) is 0 Å². The molecular formula is C24H36S. The third kappa shape index (κ3) is 9.26. The molecule has 0 spiro atoms. The molecule has 2 rings (SSSR count). The molecule has 0 saturated carbocycles. The van der Waals surface area contributed by atoms with Crippen molar-refractivity contribution in [2.75, 3.05) is 0 Å². The summed E-state index contributed by atoms with van der Waals surface area (Å²) >= 11 is 1.84. The van der Waals surface area contributed by atoms with Crippen molar-refractivity contribution in [3.8, 4) is 0 Å². The number of allylic oxidation sites excluding steroid dienone is 8. The summed E-state index contributed by atoms with van der Waals surface area (Å²) in [6.45, 7) is 21.4. The quantitative estimate of drug-likeness (QED) is 0.474. The second-order valence-electron chi connectivity index (χ2n) is 4.68. The summed E-state index contributed by atoms with van der Waals surface area (Å²) in [7, 11) is 0. The summed E-state index contributed by atoms with van der Waals surface area (Å²) in [6, 6.07) is 2.24. The van der Waals surface area contributed by atoms with Crippen molar-refractivity contribution in [1.29, 1.82) is 0 Å². The van der Waals surface area contributed by atoms with Crippen LogP contribution < -0.4 is 0 Å². The van der Waals surface area contributed by atoms with Gasteiger partial charge in [0, 0.05) is 9.75 Å². The van der Waals surface area contributed by atoms with Crippen LogP contribution in [0.15, 0.2) is 61.3 Å². The summed E-state index contributed by atoms with van der Waals surface area (Å²) in [6.07, 6.45) is 17.6. The Labute approximate surface area is 160 Å². The Morgan fingerprint density at radius 3 is 2.12 bits per heavy atom. The minimum absolute atomic E-state index is 1.03. The van der Waals surface area contributed by atoms with Gasteiger partial charge < -0.3 is 0 Å². The molecule has 0 atom stereocenters. The average Bonchev–Trinajstić information content (AvgIpc) is 3.09. The van der Waals surface area contributed by atoms with E-state index in [0.717, 1.165) is 6.42 Å². The van der Waals surface area contributed by atoms with Crippen molar-refractivity contribution < 1.29 is 0 Å². The zero-order valence-electron chi connectivity index (χ0n) is 17.2. The molecule has 25 heavy (non-hydrogen) atoms. The van der Waals surface area contributed by atoms with Gasteiger partial charge in [0.05, 0.1) is 0 Å². The highest BCUT2D eigenvalue weighted by molar-refractivity contribution is 7.14. The van der Waals surface area contributed by atoms with Crippen molar-refractivity contribution in [2.24, 2.45) is 0 Å². The van der Waals surface area contributed by atoms with Gasteiger partial charge in [0.1, 0.15) is 0 Å². The number of thiophene rings is 1. The molecule has 1 aliphatic rings. The Morgan fingerprint density at radius 1 is 1.08 bits per heavy atom. The van der Waals surface area contributed by atoms with Gasteiger partial charge in [-0.1, -0.05) is 76.8 Å². The second kappa shape index (κ2) is 17.0. The van der Waals surface area contributed by atoms with Gasteiger partial charge in [-0.15, -0.1) is 17.9 Å². The van der Waals surface area contributed by atoms with Crippen LogP contribution in [-0.4, -0.2) is 0 Å². The first-order chi connectivity index (χ1) is 12.2. The Kier molecular flexibility index (Phi) is 17.2. The molecule has 0 aliphatic heterocycles. The summed E-state index contributed by atoms with van der Waals surface area (Å²) in [5.74, 6) is 0. The van der Waals surface area contributed by atoms with Gasteiger partial charge >= 0.3 is 0 Å². The first-order valence-corrected chi connectivity index (χ1v) is 9.98. The molecule has 0 bridgehead atoms. The molecule has 1 aromatic heterocycles. The fourth-order valence-electron chi connectivity index (χ4n) is 1.99. The largest absolute Gasteiger partial charge is 0.136 e. The number of hydrogen-bond donors (Lipinski definition) is 0. The molecule has 1 heterocycles. The van der Waals surface area contributed by atoms with E-state index in [1.807, 2.05) is 59.0 Å². The maximum Gasteiger partial charge on any atom is 0.0345 e. The minimum atomic E-state index is 1.03. The molecule has 0 N–H and O–H groups in total. The van der Waals surface area contributed by atoms with Crippen LogP contribution in [-0.2, 0) is 0 Å². The van der Waals surface area contributed by atoms with Gasteiger partial charge in [-0.3, -0.25) is 0 Å². The van der Waals surface area contributed by atoms with Crippen LogP contribution in [0.2, 0.25) is 0 Å². The fourth-order valence-corrected chi connectivity index (χ4v) is 3.17. The highest BCUT2D eigenvalue weighted by Crippen LogP contribution is 2.33. The SMILES string of the molecule is C=CC.C=Cc1cc(/C(C)=C2\C=CC=CC2)sc1/C=C\C.CC.CC. The van der Waals surface area contributed by atoms with Crippen LogP contribution in [0.4, 0.5) is 0 Å². The first kappa shape index (κ1) is 25.4. The molecule has 0 amide bonds. The third-order valence-electron chi connectivity index (χ3n) is 3.06. The van der Waals surface area contributed by atoms with Crippen LogP contribution in [0.3, 0.4) is 0 Å². The Hall–Kier alpha value is -1.86. The molecule has 0 fully saturated rings. The molecule has 1 heteroatoms. The molecule has 0 saturated heterocycles. The number of rotatable bonds is 3. The smallest absolute Gasteiger partial charge is 0.0345 e. The van der Waals surface area contributed by atoms with Crippen LogP contribution in [0.25, 0.3) is 17.7 Å². The topological polar surface area (TPSA) is 0 Å². The molecule has 0 nitrogen and oxygen atoms in total.